The molecule has 0 saturated heterocycles. The Morgan fingerprint density at radius 1 is 1.26 bits per heavy atom. The second-order valence-corrected chi connectivity index (χ2v) is 5.91. The van der Waals surface area contributed by atoms with Crippen LogP contribution in [0.25, 0.3) is 0 Å². The van der Waals surface area contributed by atoms with Gasteiger partial charge in [0.05, 0.1) is 6.04 Å². The van der Waals surface area contributed by atoms with Crippen LogP contribution in [0.3, 0.4) is 0 Å². The molecule has 120 valence electrons. The van der Waals surface area contributed by atoms with Crippen LogP contribution in [0.4, 0.5) is 0 Å². The molecule has 1 aliphatic carbocycles. The van der Waals surface area contributed by atoms with Crippen LogP contribution >= 0.6 is 0 Å². The molecule has 4 nitrogen and oxygen atoms in total. The summed E-state index contributed by atoms with van der Waals surface area (Å²) in [5.41, 5.74) is 3.27. The van der Waals surface area contributed by atoms with Crippen LogP contribution < -0.4 is 4.74 Å². The Balaban J connectivity index is 1.79. The third-order valence-corrected chi connectivity index (χ3v) is 4.27. The van der Waals surface area contributed by atoms with Crippen molar-refractivity contribution in [2.75, 3.05) is 0 Å². The highest BCUT2D eigenvalue weighted by Crippen LogP contribution is 2.35. The van der Waals surface area contributed by atoms with Gasteiger partial charge in [-0.3, -0.25) is 10.0 Å². The first-order valence-electron chi connectivity index (χ1n) is 7.93. The average molecular weight is 311 g/mol. The van der Waals surface area contributed by atoms with Crippen LogP contribution in [0.2, 0.25) is 0 Å². The topological polar surface area (TPSA) is 49.8 Å². The molecule has 1 unspecified atom stereocenters. The SMILES string of the molecule is CC(=O)N(O)C1CCCc2ccc(OCc3ccccc3)cc21. The lowest BCUT2D eigenvalue weighted by Crippen LogP contribution is -2.32. The predicted molar refractivity (Wildman–Crippen MR) is 87.2 cm³/mol. The number of fused-ring (bicyclic) bond motifs is 1. The van der Waals surface area contributed by atoms with E-state index in [0.717, 1.165) is 41.2 Å². The van der Waals surface area contributed by atoms with Gasteiger partial charge in [0.2, 0.25) is 5.91 Å². The van der Waals surface area contributed by atoms with Gasteiger partial charge in [-0.25, -0.2) is 5.06 Å². The molecule has 2 aromatic carbocycles. The van der Waals surface area contributed by atoms with Crippen LogP contribution in [0.15, 0.2) is 48.5 Å². The lowest BCUT2D eigenvalue weighted by molar-refractivity contribution is -0.175. The standard InChI is InChI=1S/C19H21NO3/c1-14(21)20(22)19-9-5-8-16-10-11-17(12-18(16)19)23-13-15-6-3-2-4-7-15/h2-4,6-7,10-12,19,22H,5,8-9,13H2,1H3. The van der Waals surface area contributed by atoms with Gasteiger partial charge in [0.1, 0.15) is 12.4 Å². The van der Waals surface area contributed by atoms with Gasteiger partial charge in [-0.1, -0.05) is 36.4 Å². The molecule has 1 atom stereocenters. The summed E-state index contributed by atoms with van der Waals surface area (Å²) in [7, 11) is 0. The van der Waals surface area contributed by atoms with Gasteiger partial charge in [-0.05, 0) is 48.1 Å². The monoisotopic (exact) mass is 311 g/mol. The Morgan fingerprint density at radius 2 is 2.04 bits per heavy atom. The maximum atomic E-state index is 11.5. The van der Waals surface area contributed by atoms with Gasteiger partial charge >= 0.3 is 0 Å². The van der Waals surface area contributed by atoms with Crippen LogP contribution in [-0.2, 0) is 17.8 Å². The number of benzene rings is 2. The van der Waals surface area contributed by atoms with Crippen molar-refractivity contribution in [3.05, 3.63) is 65.2 Å². The largest absolute Gasteiger partial charge is 0.489 e. The summed E-state index contributed by atoms with van der Waals surface area (Å²) < 4.78 is 5.86. The number of hydrogen-bond donors (Lipinski definition) is 1. The molecule has 0 heterocycles. The van der Waals surface area contributed by atoms with Gasteiger partial charge in [0.25, 0.3) is 0 Å². The summed E-state index contributed by atoms with van der Waals surface area (Å²) in [6.07, 6.45) is 2.70. The van der Waals surface area contributed by atoms with E-state index in [-0.39, 0.29) is 11.9 Å². The maximum absolute atomic E-state index is 11.5. The molecule has 0 bridgehead atoms. The zero-order valence-corrected chi connectivity index (χ0v) is 13.2. The fourth-order valence-corrected chi connectivity index (χ4v) is 3.06. The molecule has 0 saturated carbocycles. The molecule has 0 aliphatic heterocycles. The van der Waals surface area contributed by atoms with E-state index in [4.69, 9.17) is 4.74 Å². The van der Waals surface area contributed by atoms with E-state index >= 15 is 0 Å². The minimum atomic E-state index is -0.335. The van der Waals surface area contributed by atoms with Crippen molar-refractivity contribution in [2.45, 2.75) is 38.8 Å². The van der Waals surface area contributed by atoms with Crippen molar-refractivity contribution in [3.8, 4) is 5.75 Å². The van der Waals surface area contributed by atoms with Crippen molar-refractivity contribution in [3.63, 3.8) is 0 Å². The molecule has 1 aliphatic rings. The summed E-state index contributed by atoms with van der Waals surface area (Å²) in [5, 5.41) is 10.9. The van der Waals surface area contributed by atoms with Gasteiger partial charge in [-0.2, -0.15) is 0 Å². The normalized spacial score (nSPS) is 16.5. The van der Waals surface area contributed by atoms with Crippen LogP contribution in [0, 0.1) is 0 Å². The number of ether oxygens (including phenoxy) is 1. The van der Waals surface area contributed by atoms with Crippen LogP contribution in [-0.4, -0.2) is 16.2 Å². The number of carbonyl (C=O) groups excluding carboxylic acids is 1. The van der Waals surface area contributed by atoms with E-state index in [1.807, 2.05) is 48.5 Å². The maximum Gasteiger partial charge on any atom is 0.243 e. The number of aryl methyl sites for hydroxylation is 1. The highest BCUT2D eigenvalue weighted by molar-refractivity contribution is 5.72. The average Bonchev–Trinajstić information content (AvgIpc) is 2.59. The molecular formula is C19H21NO3. The predicted octanol–water partition coefficient (Wildman–Crippen LogP) is 3.88. The van der Waals surface area contributed by atoms with Gasteiger partial charge < -0.3 is 4.74 Å². The number of rotatable bonds is 4. The van der Waals surface area contributed by atoms with Crippen molar-refractivity contribution in [1.82, 2.24) is 5.06 Å². The van der Waals surface area contributed by atoms with Gasteiger partial charge in [0.15, 0.2) is 0 Å². The Kier molecular flexibility index (Phi) is 4.63. The first-order chi connectivity index (χ1) is 11.1. The molecule has 23 heavy (non-hydrogen) atoms. The van der Waals surface area contributed by atoms with Crippen molar-refractivity contribution < 1.29 is 14.7 Å². The summed E-state index contributed by atoms with van der Waals surface area (Å²) in [5.74, 6) is 0.426. The minimum absolute atomic E-state index is 0.281. The third-order valence-electron chi connectivity index (χ3n) is 4.27. The smallest absolute Gasteiger partial charge is 0.243 e. The van der Waals surface area contributed by atoms with Crippen molar-refractivity contribution >= 4 is 5.91 Å². The summed E-state index contributed by atoms with van der Waals surface area (Å²) in [6, 6.07) is 15.7. The Labute approximate surface area is 136 Å². The molecular weight excluding hydrogens is 290 g/mol. The molecule has 4 heteroatoms. The van der Waals surface area contributed by atoms with Crippen molar-refractivity contribution in [2.24, 2.45) is 0 Å². The zero-order chi connectivity index (χ0) is 16.2. The van der Waals surface area contributed by atoms with E-state index in [0.29, 0.717) is 6.61 Å². The second-order valence-electron chi connectivity index (χ2n) is 5.91. The number of carbonyl (C=O) groups is 1. The van der Waals surface area contributed by atoms with Crippen LogP contribution in [0.1, 0.15) is 42.5 Å². The molecule has 0 fully saturated rings. The fraction of sp³-hybridized carbons (Fsp3) is 0.316. The van der Waals surface area contributed by atoms with Crippen molar-refractivity contribution in [1.29, 1.82) is 0 Å². The third kappa shape index (κ3) is 3.54. The Bertz CT molecular complexity index is 684. The van der Waals surface area contributed by atoms with Gasteiger partial charge in [0, 0.05) is 6.92 Å². The fourth-order valence-electron chi connectivity index (χ4n) is 3.06. The summed E-state index contributed by atoms with van der Waals surface area (Å²) in [4.78, 5) is 11.5. The van der Waals surface area contributed by atoms with E-state index in [2.05, 4.69) is 0 Å². The van der Waals surface area contributed by atoms with E-state index in [1.54, 1.807) is 0 Å². The number of hydrogen-bond acceptors (Lipinski definition) is 3. The second kappa shape index (κ2) is 6.84. The summed E-state index contributed by atoms with van der Waals surface area (Å²) in [6.45, 7) is 1.88. The van der Waals surface area contributed by atoms with Gasteiger partial charge in [-0.15, -0.1) is 0 Å². The Morgan fingerprint density at radius 3 is 2.78 bits per heavy atom. The quantitative estimate of drug-likeness (QED) is 0.688. The molecule has 3 rings (SSSR count). The van der Waals surface area contributed by atoms with E-state index < -0.39 is 0 Å². The number of nitrogens with zero attached hydrogens (tertiary/aromatic N) is 1. The molecule has 0 radical (unpaired) electrons. The first kappa shape index (κ1) is 15.6. The molecule has 1 amide bonds. The Hall–Kier alpha value is -2.33. The lowest BCUT2D eigenvalue weighted by Gasteiger charge is -2.31. The van der Waals surface area contributed by atoms with E-state index in [9.17, 15) is 10.0 Å². The summed E-state index contributed by atoms with van der Waals surface area (Å²) >= 11 is 0. The molecule has 0 aromatic heterocycles. The zero-order valence-electron chi connectivity index (χ0n) is 13.2. The van der Waals surface area contributed by atoms with E-state index in [1.165, 1.54) is 12.5 Å². The highest BCUT2D eigenvalue weighted by atomic mass is 16.5. The number of amides is 1. The molecule has 2 aromatic rings. The molecule has 1 N–H and O–H groups in total. The number of hydroxylamine groups is 2. The first-order valence-corrected chi connectivity index (χ1v) is 7.93. The van der Waals surface area contributed by atoms with Crippen LogP contribution in [0.5, 0.6) is 5.75 Å². The lowest BCUT2D eigenvalue weighted by atomic mass is 9.87. The minimum Gasteiger partial charge on any atom is -0.489 e. The highest BCUT2D eigenvalue weighted by Gasteiger charge is 2.27. The molecule has 0 spiro atoms.